The van der Waals surface area contributed by atoms with E-state index in [1.54, 1.807) is 17.7 Å². The number of hydrogen-bond acceptors (Lipinski definition) is 5. The number of hydrogen-bond donors (Lipinski definition) is 1. The zero-order valence-electron chi connectivity index (χ0n) is 20.2. The lowest BCUT2D eigenvalue weighted by molar-refractivity contribution is -0.121. The molecule has 0 bridgehead atoms. The number of carbonyl (C=O) groups is 1. The second kappa shape index (κ2) is 11.8. The van der Waals surface area contributed by atoms with Crippen LogP contribution in [-0.4, -0.2) is 61.2 Å². The van der Waals surface area contributed by atoms with Crippen LogP contribution in [-0.2, 0) is 11.8 Å². The highest BCUT2D eigenvalue weighted by atomic mass is 19.1. The van der Waals surface area contributed by atoms with Crippen LogP contribution in [0.25, 0.3) is 10.9 Å². The topological polar surface area (TPSA) is 66.8 Å². The smallest absolute Gasteiger partial charge is 0.254 e. The summed E-state index contributed by atoms with van der Waals surface area (Å²) in [5.74, 6) is 0.390. The molecule has 0 atom stereocenters. The largest absolute Gasteiger partial charge is 0.493 e. The number of fused-ring (bicyclic) bond motifs is 1. The fourth-order valence-electron chi connectivity index (χ4n) is 4.45. The number of aryl methyl sites for hydroxylation is 1. The first-order chi connectivity index (χ1) is 17.0. The van der Waals surface area contributed by atoms with Crippen molar-refractivity contribution in [2.24, 2.45) is 7.05 Å². The fourth-order valence-corrected chi connectivity index (χ4v) is 4.45. The number of anilines is 1. The third-order valence-electron chi connectivity index (χ3n) is 6.46. The van der Waals surface area contributed by atoms with Crippen LogP contribution in [0.15, 0.2) is 59.4 Å². The van der Waals surface area contributed by atoms with Gasteiger partial charge in [0.25, 0.3) is 5.56 Å². The third-order valence-corrected chi connectivity index (χ3v) is 6.46. The Morgan fingerprint density at radius 3 is 2.57 bits per heavy atom. The fraction of sp³-hybridized carbons (Fsp3) is 0.407. The van der Waals surface area contributed by atoms with Crippen LogP contribution in [0.2, 0.25) is 0 Å². The van der Waals surface area contributed by atoms with Gasteiger partial charge < -0.3 is 19.5 Å². The van der Waals surface area contributed by atoms with E-state index in [1.807, 2.05) is 36.4 Å². The number of halogens is 1. The molecule has 186 valence electrons. The number of rotatable bonds is 10. The number of nitrogens with zero attached hydrogens (tertiary/aromatic N) is 3. The molecule has 0 unspecified atom stereocenters. The summed E-state index contributed by atoms with van der Waals surface area (Å²) in [6, 6.07) is 16.0. The maximum absolute atomic E-state index is 14.0. The molecule has 1 aliphatic rings. The Balaban J connectivity index is 1.10. The molecule has 7 nitrogen and oxygen atoms in total. The predicted octanol–water partition coefficient (Wildman–Crippen LogP) is 3.17. The molecule has 3 aromatic rings. The highest BCUT2D eigenvalue weighted by Crippen LogP contribution is 2.23. The molecule has 1 fully saturated rings. The van der Waals surface area contributed by atoms with Crippen LogP contribution in [0.4, 0.5) is 10.1 Å². The van der Waals surface area contributed by atoms with Crippen molar-refractivity contribution in [3.05, 3.63) is 70.8 Å². The molecule has 0 spiro atoms. The predicted molar refractivity (Wildman–Crippen MR) is 137 cm³/mol. The number of para-hydroxylation sites is 2. The molecule has 1 aliphatic heterocycles. The van der Waals surface area contributed by atoms with E-state index >= 15 is 0 Å². The van der Waals surface area contributed by atoms with Crippen LogP contribution < -0.4 is 20.5 Å². The Morgan fingerprint density at radius 1 is 1.03 bits per heavy atom. The zero-order valence-corrected chi connectivity index (χ0v) is 20.2. The minimum atomic E-state index is -0.171. The van der Waals surface area contributed by atoms with Crippen molar-refractivity contribution in [3.8, 4) is 5.75 Å². The van der Waals surface area contributed by atoms with Gasteiger partial charge in [0.1, 0.15) is 11.6 Å². The van der Waals surface area contributed by atoms with Crippen molar-refractivity contribution >= 4 is 22.5 Å². The first-order valence-electron chi connectivity index (χ1n) is 12.2. The number of ether oxygens (including phenoxy) is 1. The van der Waals surface area contributed by atoms with Gasteiger partial charge >= 0.3 is 0 Å². The number of piperazine rings is 1. The van der Waals surface area contributed by atoms with Crippen molar-refractivity contribution in [2.45, 2.75) is 19.3 Å². The molecule has 2 heterocycles. The molecule has 1 N–H and O–H groups in total. The molecule has 1 saturated heterocycles. The second-order valence-electron chi connectivity index (χ2n) is 8.86. The van der Waals surface area contributed by atoms with Crippen LogP contribution >= 0.6 is 0 Å². The highest BCUT2D eigenvalue weighted by Gasteiger charge is 2.18. The number of aromatic nitrogens is 1. The van der Waals surface area contributed by atoms with Gasteiger partial charge in [-0.25, -0.2) is 4.39 Å². The number of benzene rings is 2. The number of carbonyl (C=O) groups excluding carboxylic acids is 1. The molecular weight excluding hydrogens is 447 g/mol. The molecule has 2 aromatic carbocycles. The van der Waals surface area contributed by atoms with Gasteiger partial charge in [0.15, 0.2) is 0 Å². The molecule has 8 heteroatoms. The molecule has 0 saturated carbocycles. The summed E-state index contributed by atoms with van der Waals surface area (Å²) in [4.78, 5) is 28.8. The zero-order chi connectivity index (χ0) is 24.6. The van der Waals surface area contributed by atoms with Gasteiger partial charge in [-0.1, -0.05) is 24.3 Å². The molecule has 0 aliphatic carbocycles. The molecule has 0 radical (unpaired) electrons. The summed E-state index contributed by atoms with van der Waals surface area (Å²) in [5, 5.41) is 3.86. The Kier molecular flexibility index (Phi) is 8.36. The van der Waals surface area contributed by atoms with Gasteiger partial charge in [-0.2, -0.15) is 0 Å². The van der Waals surface area contributed by atoms with E-state index in [4.69, 9.17) is 4.74 Å². The minimum Gasteiger partial charge on any atom is -0.493 e. The van der Waals surface area contributed by atoms with Crippen molar-refractivity contribution < 1.29 is 13.9 Å². The molecule has 1 amide bonds. The summed E-state index contributed by atoms with van der Waals surface area (Å²) >= 11 is 0. The Labute approximate surface area is 205 Å². The standard InChI is InChI=1S/C27H33FN4O3/c1-30-23-10-4-2-8-21(23)25(20-27(30)34)35-19-6-12-26(33)29-13-7-14-31-15-17-32(18-16-31)24-11-5-3-9-22(24)28/h2-5,8-11,20H,6-7,12-19H2,1H3,(H,29,33). The van der Waals surface area contributed by atoms with Gasteiger partial charge in [0.05, 0.1) is 17.8 Å². The normalized spacial score (nSPS) is 14.3. The van der Waals surface area contributed by atoms with E-state index in [2.05, 4.69) is 15.1 Å². The van der Waals surface area contributed by atoms with Crippen molar-refractivity contribution in [2.75, 3.05) is 50.8 Å². The molecule has 1 aromatic heterocycles. The monoisotopic (exact) mass is 480 g/mol. The summed E-state index contributed by atoms with van der Waals surface area (Å²) in [5.41, 5.74) is 1.37. The maximum Gasteiger partial charge on any atom is 0.254 e. The van der Waals surface area contributed by atoms with Crippen LogP contribution in [0.5, 0.6) is 5.75 Å². The number of pyridine rings is 1. The van der Waals surface area contributed by atoms with Gasteiger partial charge in [0.2, 0.25) is 5.91 Å². The van der Waals surface area contributed by atoms with E-state index in [0.29, 0.717) is 37.4 Å². The van der Waals surface area contributed by atoms with E-state index in [0.717, 1.165) is 50.0 Å². The second-order valence-corrected chi connectivity index (χ2v) is 8.86. The van der Waals surface area contributed by atoms with Crippen LogP contribution in [0.3, 0.4) is 0 Å². The average Bonchev–Trinajstić information content (AvgIpc) is 2.88. The Morgan fingerprint density at radius 2 is 1.77 bits per heavy atom. The molecule has 35 heavy (non-hydrogen) atoms. The van der Waals surface area contributed by atoms with Crippen molar-refractivity contribution in [1.82, 2.24) is 14.8 Å². The van der Waals surface area contributed by atoms with E-state index in [-0.39, 0.29) is 17.3 Å². The summed E-state index contributed by atoms with van der Waals surface area (Å²) in [7, 11) is 1.74. The first kappa shape index (κ1) is 24.7. The summed E-state index contributed by atoms with van der Waals surface area (Å²) in [6.07, 6.45) is 1.83. The van der Waals surface area contributed by atoms with E-state index < -0.39 is 0 Å². The quantitative estimate of drug-likeness (QED) is 0.452. The molecular formula is C27H33FN4O3. The van der Waals surface area contributed by atoms with Crippen molar-refractivity contribution in [3.63, 3.8) is 0 Å². The van der Waals surface area contributed by atoms with Crippen LogP contribution in [0.1, 0.15) is 19.3 Å². The lowest BCUT2D eigenvalue weighted by Gasteiger charge is -2.36. The SMILES string of the molecule is Cn1c(=O)cc(OCCCC(=O)NCCCN2CCN(c3ccccc3F)CC2)c2ccccc21. The number of nitrogens with one attached hydrogen (secondary N) is 1. The maximum atomic E-state index is 14.0. The average molecular weight is 481 g/mol. The van der Waals surface area contributed by atoms with E-state index in [9.17, 15) is 14.0 Å². The lowest BCUT2D eigenvalue weighted by Crippen LogP contribution is -2.47. The minimum absolute atomic E-state index is 0.00630. The Hall–Kier alpha value is -3.39. The van der Waals surface area contributed by atoms with Crippen LogP contribution in [0, 0.1) is 5.82 Å². The van der Waals surface area contributed by atoms with Gasteiger partial charge in [-0.15, -0.1) is 0 Å². The van der Waals surface area contributed by atoms with Gasteiger partial charge in [-0.05, 0) is 43.7 Å². The summed E-state index contributed by atoms with van der Waals surface area (Å²) < 4.78 is 21.4. The first-order valence-corrected chi connectivity index (χ1v) is 12.2. The summed E-state index contributed by atoms with van der Waals surface area (Å²) in [6.45, 7) is 5.29. The highest BCUT2D eigenvalue weighted by molar-refractivity contribution is 5.85. The Bertz CT molecular complexity index is 1200. The van der Waals surface area contributed by atoms with E-state index in [1.165, 1.54) is 12.1 Å². The van der Waals surface area contributed by atoms with Crippen molar-refractivity contribution in [1.29, 1.82) is 0 Å². The lowest BCUT2D eigenvalue weighted by atomic mass is 10.2. The van der Waals surface area contributed by atoms with Gasteiger partial charge in [0, 0.05) is 57.6 Å². The van der Waals surface area contributed by atoms with Gasteiger partial charge in [-0.3, -0.25) is 14.5 Å². The third kappa shape index (κ3) is 6.39. The molecule has 4 rings (SSSR count). The number of amides is 1.